The molecule has 2 N–H and O–H groups in total. The normalized spacial score (nSPS) is 20.9. The summed E-state index contributed by atoms with van der Waals surface area (Å²) in [6.45, 7) is 6.63. The van der Waals surface area contributed by atoms with Crippen LogP contribution in [-0.4, -0.2) is 37.0 Å². The summed E-state index contributed by atoms with van der Waals surface area (Å²) in [4.78, 5) is 13.0. The highest BCUT2D eigenvalue weighted by Crippen LogP contribution is 2.25. The lowest BCUT2D eigenvalue weighted by atomic mass is 10.00. The molecule has 1 unspecified atom stereocenters. The Bertz CT molecular complexity index is 445. The van der Waals surface area contributed by atoms with Crippen molar-refractivity contribution in [3.05, 3.63) is 34.9 Å². The number of carbonyl (C=O) groups excluding carboxylic acids is 1. The molecular formula is C14H20N2O2. The summed E-state index contributed by atoms with van der Waals surface area (Å²) < 4.78 is 5.80. The SMILES string of the molecule is Cc1ccc(C2CN(CC(N)=O)CCO2)c(C)c1. The van der Waals surface area contributed by atoms with Crippen LogP contribution in [0.2, 0.25) is 0 Å². The first-order valence-corrected chi connectivity index (χ1v) is 6.25. The zero-order valence-corrected chi connectivity index (χ0v) is 11.0. The topological polar surface area (TPSA) is 55.6 Å². The molecule has 98 valence electrons. The third-order valence-corrected chi connectivity index (χ3v) is 3.30. The molecular weight excluding hydrogens is 228 g/mol. The highest BCUT2D eigenvalue weighted by molar-refractivity contribution is 5.75. The fraction of sp³-hybridized carbons (Fsp3) is 0.500. The first kappa shape index (κ1) is 13.1. The van der Waals surface area contributed by atoms with Crippen LogP contribution >= 0.6 is 0 Å². The van der Waals surface area contributed by atoms with Gasteiger partial charge in [-0.2, -0.15) is 0 Å². The molecule has 2 rings (SSSR count). The summed E-state index contributed by atoms with van der Waals surface area (Å²) in [6.07, 6.45) is 0.0405. The van der Waals surface area contributed by atoms with E-state index >= 15 is 0 Å². The maximum Gasteiger partial charge on any atom is 0.231 e. The van der Waals surface area contributed by atoms with Crippen LogP contribution < -0.4 is 5.73 Å². The molecule has 18 heavy (non-hydrogen) atoms. The monoisotopic (exact) mass is 248 g/mol. The van der Waals surface area contributed by atoms with Gasteiger partial charge in [-0.25, -0.2) is 0 Å². The number of benzene rings is 1. The van der Waals surface area contributed by atoms with Crippen LogP contribution in [0.25, 0.3) is 0 Å². The fourth-order valence-electron chi connectivity index (χ4n) is 2.44. The van der Waals surface area contributed by atoms with Crippen LogP contribution in [-0.2, 0) is 9.53 Å². The van der Waals surface area contributed by atoms with Gasteiger partial charge in [0, 0.05) is 13.1 Å². The number of ether oxygens (including phenoxy) is 1. The first-order valence-electron chi connectivity index (χ1n) is 6.25. The Labute approximate surface area is 108 Å². The highest BCUT2D eigenvalue weighted by Gasteiger charge is 2.23. The van der Waals surface area contributed by atoms with Crippen LogP contribution in [0.4, 0.5) is 0 Å². The quantitative estimate of drug-likeness (QED) is 0.873. The molecule has 0 spiro atoms. The van der Waals surface area contributed by atoms with E-state index in [0.717, 1.165) is 13.1 Å². The second-order valence-corrected chi connectivity index (χ2v) is 4.92. The predicted octanol–water partition coefficient (Wildman–Crippen LogP) is 1.16. The van der Waals surface area contributed by atoms with Crippen molar-refractivity contribution in [3.8, 4) is 0 Å². The van der Waals surface area contributed by atoms with E-state index in [0.29, 0.717) is 13.2 Å². The summed E-state index contributed by atoms with van der Waals surface area (Å²) >= 11 is 0. The van der Waals surface area contributed by atoms with Gasteiger partial charge in [0.1, 0.15) is 0 Å². The Kier molecular flexibility index (Phi) is 3.99. The largest absolute Gasteiger partial charge is 0.371 e. The molecule has 1 saturated heterocycles. The van der Waals surface area contributed by atoms with E-state index in [1.165, 1.54) is 16.7 Å². The Balaban J connectivity index is 2.10. The van der Waals surface area contributed by atoms with Crippen LogP contribution in [0.5, 0.6) is 0 Å². The Hall–Kier alpha value is -1.39. The van der Waals surface area contributed by atoms with Crippen LogP contribution in [0.3, 0.4) is 0 Å². The molecule has 1 fully saturated rings. The van der Waals surface area contributed by atoms with Crippen molar-refractivity contribution in [3.63, 3.8) is 0 Å². The summed E-state index contributed by atoms with van der Waals surface area (Å²) in [6, 6.07) is 6.37. The summed E-state index contributed by atoms with van der Waals surface area (Å²) in [5.41, 5.74) is 8.93. The van der Waals surface area contributed by atoms with Crippen molar-refractivity contribution in [2.45, 2.75) is 20.0 Å². The molecule has 0 saturated carbocycles. The number of rotatable bonds is 3. The van der Waals surface area contributed by atoms with Crippen LogP contribution in [0.1, 0.15) is 22.8 Å². The Morgan fingerprint density at radius 2 is 2.28 bits per heavy atom. The van der Waals surface area contributed by atoms with E-state index in [9.17, 15) is 4.79 Å². The number of carbonyl (C=O) groups is 1. The molecule has 0 aliphatic carbocycles. The summed E-state index contributed by atoms with van der Waals surface area (Å²) in [5.74, 6) is -0.281. The maximum absolute atomic E-state index is 11.0. The molecule has 1 aromatic carbocycles. The first-order chi connectivity index (χ1) is 8.56. The van der Waals surface area contributed by atoms with E-state index in [4.69, 9.17) is 10.5 Å². The van der Waals surface area contributed by atoms with Crippen molar-refractivity contribution >= 4 is 5.91 Å². The van der Waals surface area contributed by atoms with E-state index in [1.807, 2.05) is 0 Å². The van der Waals surface area contributed by atoms with E-state index in [2.05, 4.69) is 36.9 Å². The number of aryl methyl sites for hydroxylation is 2. The molecule has 0 aromatic heterocycles. The van der Waals surface area contributed by atoms with Gasteiger partial charge in [0.15, 0.2) is 0 Å². The lowest BCUT2D eigenvalue weighted by Crippen LogP contribution is -2.43. The van der Waals surface area contributed by atoms with Crippen molar-refractivity contribution in [1.29, 1.82) is 0 Å². The average Bonchev–Trinajstić information content (AvgIpc) is 2.28. The average molecular weight is 248 g/mol. The van der Waals surface area contributed by atoms with Crippen molar-refractivity contribution < 1.29 is 9.53 Å². The zero-order chi connectivity index (χ0) is 13.1. The van der Waals surface area contributed by atoms with Crippen LogP contribution in [0, 0.1) is 13.8 Å². The second kappa shape index (κ2) is 5.50. The highest BCUT2D eigenvalue weighted by atomic mass is 16.5. The molecule has 1 heterocycles. The van der Waals surface area contributed by atoms with Gasteiger partial charge in [-0.3, -0.25) is 9.69 Å². The summed E-state index contributed by atoms with van der Waals surface area (Å²) in [5, 5.41) is 0. The second-order valence-electron chi connectivity index (χ2n) is 4.92. The standard InChI is InChI=1S/C14H20N2O2/c1-10-3-4-12(11(2)7-10)13-8-16(5-6-18-13)9-14(15)17/h3-4,7,13H,5-6,8-9H2,1-2H3,(H2,15,17). The molecule has 1 atom stereocenters. The number of nitrogens with zero attached hydrogens (tertiary/aromatic N) is 1. The van der Waals surface area contributed by atoms with Crippen molar-refractivity contribution in [2.75, 3.05) is 26.2 Å². The Morgan fingerprint density at radius 3 is 2.94 bits per heavy atom. The molecule has 1 aromatic rings. The van der Waals surface area contributed by atoms with E-state index in [-0.39, 0.29) is 12.0 Å². The van der Waals surface area contributed by atoms with Gasteiger partial charge in [-0.15, -0.1) is 0 Å². The predicted molar refractivity (Wildman–Crippen MR) is 70.2 cm³/mol. The number of hydrogen-bond donors (Lipinski definition) is 1. The van der Waals surface area contributed by atoms with Crippen molar-refractivity contribution in [2.24, 2.45) is 5.73 Å². The smallest absolute Gasteiger partial charge is 0.231 e. The van der Waals surface area contributed by atoms with Gasteiger partial charge in [-0.05, 0) is 25.0 Å². The number of primary amides is 1. The van der Waals surface area contributed by atoms with Gasteiger partial charge < -0.3 is 10.5 Å². The molecule has 1 aliphatic heterocycles. The minimum atomic E-state index is -0.281. The number of morpholine rings is 1. The number of amides is 1. The van der Waals surface area contributed by atoms with Crippen LogP contribution in [0.15, 0.2) is 18.2 Å². The molecule has 0 bridgehead atoms. The van der Waals surface area contributed by atoms with Gasteiger partial charge in [-0.1, -0.05) is 23.8 Å². The van der Waals surface area contributed by atoms with Crippen molar-refractivity contribution in [1.82, 2.24) is 4.90 Å². The molecule has 1 aliphatic rings. The fourth-order valence-corrected chi connectivity index (χ4v) is 2.44. The molecule has 4 heteroatoms. The number of nitrogens with two attached hydrogens (primary N) is 1. The van der Waals surface area contributed by atoms with Gasteiger partial charge >= 0.3 is 0 Å². The van der Waals surface area contributed by atoms with Gasteiger partial charge in [0.2, 0.25) is 5.91 Å². The minimum Gasteiger partial charge on any atom is -0.371 e. The van der Waals surface area contributed by atoms with Gasteiger partial charge in [0.05, 0.1) is 19.3 Å². The molecule has 1 amide bonds. The van der Waals surface area contributed by atoms with Gasteiger partial charge in [0.25, 0.3) is 0 Å². The lowest BCUT2D eigenvalue weighted by molar-refractivity contribution is -0.121. The Morgan fingerprint density at radius 1 is 1.50 bits per heavy atom. The third-order valence-electron chi connectivity index (χ3n) is 3.30. The zero-order valence-electron chi connectivity index (χ0n) is 11.0. The maximum atomic E-state index is 11.0. The van der Waals surface area contributed by atoms with E-state index < -0.39 is 0 Å². The molecule has 0 radical (unpaired) electrons. The molecule has 4 nitrogen and oxygen atoms in total. The lowest BCUT2D eigenvalue weighted by Gasteiger charge is -2.33. The minimum absolute atomic E-state index is 0.0405. The summed E-state index contributed by atoms with van der Waals surface area (Å²) in [7, 11) is 0. The van der Waals surface area contributed by atoms with E-state index in [1.54, 1.807) is 0 Å². The third kappa shape index (κ3) is 3.09. The number of hydrogen-bond acceptors (Lipinski definition) is 3.